The molecule has 0 spiro atoms. The molecule has 1 amide bonds. The quantitative estimate of drug-likeness (QED) is 0.0204. The van der Waals surface area contributed by atoms with Gasteiger partial charge in [0.2, 0.25) is 5.91 Å². The van der Waals surface area contributed by atoms with E-state index >= 15 is 0 Å². The molecule has 2 rings (SSSR count). The molecule has 77 heavy (non-hydrogen) atoms. The predicted molar refractivity (Wildman–Crippen MR) is 309 cm³/mol. The predicted octanol–water partition coefficient (Wildman–Crippen LogP) is 11.8. The van der Waals surface area contributed by atoms with Crippen molar-refractivity contribution in [3.63, 3.8) is 0 Å². The van der Waals surface area contributed by atoms with Gasteiger partial charge in [-0.15, -0.1) is 0 Å². The van der Waals surface area contributed by atoms with Gasteiger partial charge in [0.25, 0.3) is 0 Å². The van der Waals surface area contributed by atoms with Gasteiger partial charge in [-0.3, -0.25) is 4.79 Å². The molecular formula is C63H121NO13. The van der Waals surface area contributed by atoms with Gasteiger partial charge in [0, 0.05) is 6.42 Å². The third-order valence-corrected chi connectivity index (χ3v) is 16.2. The number of carbonyl (C=O) groups is 1. The largest absolute Gasteiger partial charge is 0.394 e. The van der Waals surface area contributed by atoms with E-state index in [0.717, 1.165) is 64.2 Å². The number of hydrogen-bond acceptors (Lipinski definition) is 13. The van der Waals surface area contributed by atoms with Crippen LogP contribution in [0.1, 0.15) is 290 Å². The van der Waals surface area contributed by atoms with Gasteiger partial charge in [0.15, 0.2) is 12.6 Å². The van der Waals surface area contributed by atoms with Crippen LogP contribution < -0.4 is 5.32 Å². The Labute approximate surface area is 469 Å². The fourth-order valence-electron chi connectivity index (χ4n) is 11.0. The van der Waals surface area contributed by atoms with E-state index in [1.807, 2.05) is 0 Å². The minimum absolute atomic E-state index is 0.212. The zero-order chi connectivity index (χ0) is 56.0. The van der Waals surface area contributed by atoms with E-state index in [9.17, 15) is 45.6 Å². The number of aliphatic hydroxyl groups is 8. The smallest absolute Gasteiger partial charge is 0.220 e. The fourth-order valence-corrected chi connectivity index (χ4v) is 11.0. The standard InChI is InChI=1S/C63H121NO13/c1-3-5-7-9-11-13-15-17-18-19-20-21-22-23-24-25-26-27-28-29-30-31-32-33-35-36-38-40-42-44-46-52(67)51(64-55(68)47-45-43-41-39-37-34-16-14-12-10-8-6-4-2)50-74-62-60(73)58(71)61(54(49-66)76-62)77-63-59(72)57(70)56(69)53(48-65)75-63/h14,16,51-54,56-63,65-67,69-73H,3-13,15,17-50H2,1-2H3,(H,64,68)/b16-14-. The first kappa shape index (κ1) is 71.8. The van der Waals surface area contributed by atoms with Gasteiger partial charge in [0.05, 0.1) is 32.0 Å². The molecular weight excluding hydrogens is 979 g/mol. The van der Waals surface area contributed by atoms with Crippen LogP contribution in [0.25, 0.3) is 0 Å². The van der Waals surface area contributed by atoms with Gasteiger partial charge >= 0.3 is 0 Å². The first-order valence-corrected chi connectivity index (χ1v) is 32.4. The van der Waals surface area contributed by atoms with Crippen LogP contribution in [0.3, 0.4) is 0 Å². The topological polar surface area (TPSA) is 228 Å². The van der Waals surface area contributed by atoms with Crippen LogP contribution in [0.5, 0.6) is 0 Å². The Morgan fingerprint density at radius 1 is 0.455 bits per heavy atom. The van der Waals surface area contributed by atoms with Gasteiger partial charge in [-0.05, 0) is 38.5 Å². The van der Waals surface area contributed by atoms with Crippen LogP contribution in [0.2, 0.25) is 0 Å². The molecule has 0 aliphatic carbocycles. The maximum atomic E-state index is 13.2. The Kier molecular flexibility index (Phi) is 46.0. The van der Waals surface area contributed by atoms with E-state index in [0.29, 0.717) is 19.3 Å². The lowest BCUT2D eigenvalue weighted by molar-refractivity contribution is -0.359. The van der Waals surface area contributed by atoms with Crippen LogP contribution in [-0.4, -0.2) is 140 Å². The summed E-state index contributed by atoms with van der Waals surface area (Å²) in [6, 6.07) is -0.830. The summed E-state index contributed by atoms with van der Waals surface area (Å²) in [5, 5.41) is 87.3. The number of ether oxygens (including phenoxy) is 4. The van der Waals surface area contributed by atoms with Crippen LogP contribution in [-0.2, 0) is 23.7 Å². The minimum Gasteiger partial charge on any atom is -0.394 e. The molecule has 9 N–H and O–H groups in total. The minimum atomic E-state index is -1.78. The summed E-state index contributed by atoms with van der Waals surface area (Å²) in [7, 11) is 0. The SMILES string of the molecule is CCCCCC/C=C\CCCCCCCC(=O)NC(COC1OC(CO)C(OC2OC(CO)C(O)C(O)C2O)C(O)C1O)C(O)CCCCCCCCCCCCCCCCCCCCCCCCCCCCCCCC. The molecule has 2 aliphatic heterocycles. The summed E-state index contributed by atoms with van der Waals surface area (Å²) in [5.41, 5.74) is 0. The van der Waals surface area contributed by atoms with Crippen molar-refractivity contribution in [2.45, 2.75) is 364 Å². The lowest BCUT2D eigenvalue weighted by Crippen LogP contribution is -2.65. The number of amides is 1. The lowest BCUT2D eigenvalue weighted by Gasteiger charge is -2.46. The molecule has 12 atom stereocenters. The summed E-state index contributed by atoms with van der Waals surface area (Å²) in [5.74, 6) is -0.212. The fraction of sp³-hybridized carbons (Fsp3) is 0.952. The summed E-state index contributed by atoms with van der Waals surface area (Å²) in [6.07, 6.45) is 41.0. The van der Waals surface area contributed by atoms with Gasteiger partial charge in [0.1, 0.15) is 48.8 Å². The Balaban J connectivity index is 1.65. The Morgan fingerprint density at radius 2 is 0.818 bits per heavy atom. The van der Waals surface area contributed by atoms with Crippen molar-refractivity contribution in [3.05, 3.63) is 12.2 Å². The Hall–Kier alpha value is -1.27. The van der Waals surface area contributed by atoms with Crippen LogP contribution in [0.4, 0.5) is 0 Å². The molecule has 2 aliphatic rings. The molecule has 456 valence electrons. The molecule has 0 aromatic rings. The number of aliphatic hydroxyl groups excluding tert-OH is 8. The van der Waals surface area contributed by atoms with Crippen molar-refractivity contribution in [2.75, 3.05) is 19.8 Å². The first-order chi connectivity index (χ1) is 37.6. The van der Waals surface area contributed by atoms with E-state index in [1.54, 1.807) is 0 Å². The number of nitrogens with one attached hydrogen (secondary N) is 1. The monoisotopic (exact) mass is 1100 g/mol. The molecule has 0 saturated carbocycles. The Morgan fingerprint density at radius 3 is 1.25 bits per heavy atom. The number of hydrogen-bond donors (Lipinski definition) is 9. The number of unbranched alkanes of at least 4 members (excludes halogenated alkanes) is 38. The molecule has 12 unspecified atom stereocenters. The average Bonchev–Trinajstić information content (AvgIpc) is 3.44. The lowest BCUT2D eigenvalue weighted by atomic mass is 9.97. The van der Waals surface area contributed by atoms with Crippen LogP contribution >= 0.6 is 0 Å². The highest BCUT2D eigenvalue weighted by Crippen LogP contribution is 2.30. The molecule has 2 fully saturated rings. The molecule has 14 nitrogen and oxygen atoms in total. The summed E-state index contributed by atoms with van der Waals surface area (Å²) in [6.45, 7) is 2.87. The summed E-state index contributed by atoms with van der Waals surface area (Å²) in [4.78, 5) is 13.2. The average molecular weight is 1100 g/mol. The van der Waals surface area contributed by atoms with Crippen molar-refractivity contribution in [1.29, 1.82) is 0 Å². The highest BCUT2D eigenvalue weighted by Gasteiger charge is 2.51. The second-order valence-electron chi connectivity index (χ2n) is 23.2. The second kappa shape index (κ2) is 49.3. The van der Waals surface area contributed by atoms with Gasteiger partial charge in [-0.1, -0.05) is 257 Å². The number of rotatable bonds is 53. The highest BCUT2D eigenvalue weighted by atomic mass is 16.7. The zero-order valence-electron chi connectivity index (χ0n) is 49.2. The maximum Gasteiger partial charge on any atom is 0.220 e. The third-order valence-electron chi connectivity index (χ3n) is 16.2. The normalized spacial score (nSPS) is 24.7. The van der Waals surface area contributed by atoms with Crippen molar-refractivity contribution >= 4 is 5.91 Å². The third kappa shape index (κ3) is 34.7. The van der Waals surface area contributed by atoms with E-state index in [2.05, 4.69) is 31.3 Å². The van der Waals surface area contributed by atoms with E-state index in [1.165, 1.54) is 193 Å². The van der Waals surface area contributed by atoms with Gasteiger partial charge < -0.3 is 65.1 Å². The van der Waals surface area contributed by atoms with Crippen molar-refractivity contribution < 1.29 is 64.6 Å². The van der Waals surface area contributed by atoms with E-state index < -0.39 is 86.8 Å². The van der Waals surface area contributed by atoms with Crippen molar-refractivity contribution in [3.8, 4) is 0 Å². The molecule has 0 aromatic heterocycles. The molecule has 14 heteroatoms. The van der Waals surface area contributed by atoms with E-state index in [-0.39, 0.29) is 12.5 Å². The highest BCUT2D eigenvalue weighted by molar-refractivity contribution is 5.76. The molecule has 2 heterocycles. The number of carbonyl (C=O) groups excluding carboxylic acids is 1. The summed E-state index contributed by atoms with van der Waals surface area (Å²) < 4.78 is 22.8. The molecule has 0 aromatic carbocycles. The molecule has 0 radical (unpaired) electrons. The van der Waals surface area contributed by atoms with Crippen LogP contribution in [0.15, 0.2) is 12.2 Å². The molecule has 0 bridgehead atoms. The summed E-state index contributed by atoms with van der Waals surface area (Å²) >= 11 is 0. The Bertz CT molecular complexity index is 1340. The zero-order valence-corrected chi connectivity index (χ0v) is 49.2. The second-order valence-corrected chi connectivity index (χ2v) is 23.2. The van der Waals surface area contributed by atoms with Gasteiger partial charge in [-0.2, -0.15) is 0 Å². The molecule has 2 saturated heterocycles. The first-order valence-electron chi connectivity index (χ1n) is 32.4. The van der Waals surface area contributed by atoms with Crippen molar-refractivity contribution in [1.82, 2.24) is 5.32 Å². The number of allylic oxidation sites excluding steroid dienone is 2. The van der Waals surface area contributed by atoms with Gasteiger partial charge in [-0.25, -0.2) is 0 Å². The van der Waals surface area contributed by atoms with Crippen LogP contribution in [0, 0.1) is 0 Å². The van der Waals surface area contributed by atoms with Crippen molar-refractivity contribution in [2.24, 2.45) is 0 Å². The van der Waals surface area contributed by atoms with E-state index in [4.69, 9.17) is 18.9 Å². The maximum absolute atomic E-state index is 13.2.